The van der Waals surface area contributed by atoms with E-state index >= 15 is 0 Å². The quantitative estimate of drug-likeness (QED) is 0.829. The lowest BCUT2D eigenvalue weighted by molar-refractivity contribution is -0.117. The Labute approximate surface area is 161 Å². The summed E-state index contributed by atoms with van der Waals surface area (Å²) in [5.74, 6) is 0.842. The molecular weight excluding hydrogens is 342 g/mol. The van der Waals surface area contributed by atoms with E-state index in [0.29, 0.717) is 32.2 Å². The van der Waals surface area contributed by atoms with Crippen molar-refractivity contribution in [3.8, 4) is 5.75 Å². The maximum absolute atomic E-state index is 12.8. The number of nitrogens with zero attached hydrogens (tertiary/aromatic N) is 2. The first-order valence-corrected chi connectivity index (χ1v) is 10.2. The van der Waals surface area contributed by atoms with Gasteiger partial charge in [0, 0.05) is 31.2 Å². The van der Waals surface area contributed by atoms with Crippen molar-refractivity contribution in [2.45, 2.75) is 64.5 Å². The van der Waals surface area contributed by atoms with Crippen LogP contribution in [0.4, 0.5) is 10.5 Å². The Bertz CT molecular complexity index is 641. The molecule has 27 heavy (non-hydrogen) atoms. The SMILES string of the molecule is CCOc1ccc(N2CC(NC(=O)N(CC)C3CCCCC3)CC2=O)cc1. The summed E-state index contributed by atoms with van der Waals surface area (Å²) in [6.45, 7) is 5.81. The van der Waals surface area contributed by atoms with Crippen molar-refractivity contribution >= 4 is 17.6 Å². The molecule has 1 heterocycles. The van der Waals surface area contributed by atoms with Crippen molar-refractivity contribution in [3.05, 3.63) is 24.3 Å². The number of urea groups is 1. The molecule has 6 heteroatoms. The van der Waals surface area contributed by atoms with Crippen LogP contribution in [0.25, 0.3) is 0 Å². The average Bonchev–Trinajstić information content (AvgIpc) is 3.04. The molecule has 1 aromatic carbocycles. The Morgan fingerprint density at radius 3 is 2.52 bits per heavy atom. The van der Waals surface area contributed by atoms with Gasteiger partial charge in [0.05, 0.1) is 12.6 Å². The van der Waals surface area contributed by atoms with Crippen LogP contribution in [0.5, 0.6) is 5.75 Å². The molecule has 2 fully saturated rings. The van der Waals surface area contributed by atoms with Gasteiger partial charge in [0.15, 0.2) is 0 Å². The van der Waals surface area contributed by atoms with Crippen LogP contribution in [0.3, 0.4) is 0 Å². The predicted molar refractivity (Wildman–Crippen MR) is 106 cm³/mol. The zero-order valence-electron chi connectivity index (χ0n) is 16.4. The van der Waals surface area contributed by atoms with E-state index in [1.54, 1.807) is 4.90 Å². The van der Waals surface area contributed by atoms with Gasteiger partial charge in [-0.15, -0.1) is 0 Å². The maximum atomic E-state index is 12.8. The molecule has 1 N–H and O–H groups in total. The van der Waals surface area contributed by atoms with Gasteiger partial charge >= 0.3 is 6.03 Å². The zero-order chi connectivity index (χ0) is 19.2. The highest BCUT2D eigenvalue weighted by molar-refractivity contribution is 5.96. The molecule has 148 valence electrons. The number of carbonyl (C=O) groups is 2. The van der Waals surface area contributed by atoms with Gasteiger partial charge in [-0.05, 0) is 51.0 Å². The van der Waals surface area contributed by atoms with Crippen molar-refractivity contribution in [2.24, 2.45) is 0 Å². The van der Waals surface area contributed by atoms with Gasteiger partial charge in [-0.3, -0.25) is 4.79 Å². The summed E-state index contributed by atoms with van der Waals surface area (Å²) in [4.78, 5) is 28.9. The van der Waals surface area contributed by atoms with Crippen LogP contribution in [0, 0.1) is 0 Å². The van der Waals surface area contributed by atoms with E-state index < -0.39 is 0 Å². The fourth-order valence-corrected chi connectivity index (χ4v) is 4.16. The van der Waals surface area contributed by atoms with E-state index in [2.05, 4.69) is 5.32 Å². The van der Waals surface area contributed by atoms with Crippen LogP contribution in [0.1, 0.15) is 52.4 Å². The van der Waals surface area contributed by atoms with Crippen molar-refractivity contribution < 1.29 is 14.3 Å². The Kier molecular flexibility index (Phi) is 6.58. The van der Waals surface area contributed by atoms with Crippen LogP contribution in [0.2, 0.25) is 0 Å². The standard InChI is InChI=1S/C21H31N3O3/c1-3-23(17-8-6-5-7-9-17)21(26)22-16-14-20(25)24(15-16)18-10-12-19(13-11-18)27-4-2/h10-13,16-17H,3-9,14-15H2,1-2H3,(H,22,26). The summed E-state index contributed by atoms with van der Waals surface area (Å²) in [5, 5.41) is 3.09. The van der Waals surface area contributed by atoms with E-state index in [0.717, 1.165) is 24.3 Å². The molecule has 1 aliphatic carbocycles. The summed E-state index contributed by atoms with van der Waals surface area (Å²) in [7, 11) is 0. The number of anilines is 1. The molecule has 1 saturated carbocycles. The fraction of sp³-hybridized carbons (Fsp3) is 0.619. The highest BCUT2D eigenvalue weighted by atomic mass is 16.5. The molecule has 1 aliphatic heterocycles. The minimum atomic E-state index is -0.144. The lowest BCUT2D eigenvalue weighted by Gasteiger charge is -2.34. The normalized spacial score (nSPS) is 20.6. The van der Waals surface area contributed by atoms with Gasteiger partial charge in [0.2, 0.25) is 5.91 Å². The highest BCUT2D eigenvalue weighted by Gasteiger charge is 2.33. The molecular formula is C21H31N3O3. The fourth-order valence-electron chi connectivity index (χ4n) is 4.16. The third kappa shape index (κ3) is 4.73. The summed E-state index contributed by atoms with van der Waals surface area (Å²) in [5.41, 5.74) is 0.847. The second kappa shape index (κ2) is 9.11. The second-order valence-electron chi connectivity index (χ2n) is 7.36. The first kappa shape index (κ1) is 19.5. The topological polar surface area (TPSA) is 61.9 Å². The van der Waals surface area contributed by atoms with Crippen molar-refractivity contribution in [1.29, 1.82) is 0 Å². The van der Waals surface area contributed by atoms with E-state index in [-0.39, 0.29) is 18.0 Å². The number of ether oxygens (including phenoxy) is 1. The number of benzene rings is 1. The van der Waals surface area contributed by atoms with Crippen molar-refractivity contribution in [1.82, 2.24) is 10.2 Å². The predicted octanol–water partition coefficient (Wildman–Crippen LogP) is 3.55. The molecule has 0 radical (unpaired) electrons. The highest BCUT2D eigenvalue weighted by Crippen LogP contribution is 2.25. The Morgan fingerprint density at radius 1 is 1.19 bits per heavy atom. The van der Waals surface area contributed by atoms with Gasteiger partial charge in [0.1, 0.15) is 5.75 Å². The van der Waals surface area contributed by atoms with Crippen LogP contribution in [-0.2, 0) is 4.79 Å². The van der Waals surface area contributed by atoms with Gasteiger partial charge in [0.25, 0.3) is 0 Å². The van der Waals surface area contributed by atoms with Gasteiger partial charge in [-0.2, -0.15) is 0 Å². The Balaban J connectivity index is 1.58. The summed E-state index contributed by atoms with van der Waals surface area (Å²) >= 11 is 0. The molecule has 1 unspecified atom stereocenters. The molecule has 2 aliphatic rings. The minimum absolute atomic E-state index is 0.0317. The molecule has 1 atom stereocenters. The van der Waals surface area contributed by atoms with Crippen molar-refractivity contribution in [2.75, 3.05) is 24.6 Å². The maximum Gasteiger partial charge on any atom is 0.317 e. The number of nitrogens with one attached hydrogen (secondary N) is 1. The largest absolute Gasteiger partial charge is 0.494 e. The molecule has 0 aromatic heterocycles. The molecule has 3 rings (SSSR count). The monoisotopic (exact) mass is 373 g/mol. The first-order valence-electron chi connectivity index (χ1n) is 10.2. The molecule has 1 saturated heterocycles. The second-order valence-corrected chi connectivity index (χ2v) is 7.36. The molecule has 3 amide bonds. The third-order valence-corrected chi connectivity index (χ3v) is 5.53. The van der Waals surface area contributed by atoms with E-state index in [1.165, 1.54) is 19.3 Å². The zero-order valence-corrected chi connectivity index (χ0v) is 16.4. The Hall–Kier alpha value is -2.24. The van der Waals surface area contributed by atoms with Gasteiger partial charge < -0.3 is 19.9 Å². The molecule has 0 bridgehead atoms. The number of carbonyl (C=O) groups excluding carboxylic acids is 2. The van der Waals surface area contributed by atoms with Crippen molar-refractivity contribution in [3.63, 3.8) is 0 Å². The van der Waals surface area contributed by atoms with Crippen LogP contribution < -0.4 is 15.0 Å². The first-order chi connectivity index (χ1) is 13.1. The average molecular weight is 373 g/mol. The lowest BCUT2D eigenvalue weighted by Crippen LogP contribution is -2.50. The minimum Gasteiger partial charge on any atom is -0.494 e. The van der Waals surface area contributed by atoms with E-state index in [1.807, 2.05) is 43.0 Å². The summed E-state index contributed by atoms with van der Waals surface area (Å²) in [6, 6.07) is 7.70. The third-order valence-electron chi connectivity index (χ3n) is 5.53. The summed E-state index contributed by atoms with van der Waals surface area (Å²) < 4.78 is 5.45. The molecule has 6 nitrogen and oxygen atoms in total. The smallest absolute Gasteiger partial charge is 0.317 e. The van der Waals surface area contributed by atoms with Crippen LogP contribution in [-0.4, -0.2) is 48.6 Å². The lowest BCUT2D eigenvalue weighted by atomic mass is 9.94. The number of rotatable bonds is 6. The van der Waals surface area contributed by atoms with Crippen LogP contribution in [0.15, 0.2) is 24.3 Å². The molecule has 1 aromatic rings. The van der Waals surface area contributed by atoms with Crippen LogP contribution >= 0.6 is 0 Å². The van der Waals surface area contributed by atoms with Gasteiger partial charge in [-0.1, -0.05) is 19.3 Å². The number of hydrogen-bond acceptors (Lipinski definition) is 3. The number of hydrogen-bond donors (Lipinski definition) is 1. The summed E-state index contributed by atoms with van der Waals surface area (Å²) in [6.07, 6.45) is 6.18. The van der Waals surface area contributed by atoms with E-state index in [9.17, 15) is 9.59 Å². The van der Waals surface area contributed by atoms with Gasteiger partial charge in [-0.25, -0.2) is 4.79 Å². The molecule has 0 spiro atoms. The number of amides is 3. The van der Waals surface area contributed by atoms with E-state index in [4.69, 9.17) is 4.74 Å². The Morgan fingerprint density at radius 2 is 1.89 bits per heavy atom.